The van der Waals surface area contributed by atoms with Gasteiger partial charge in [-0.25, -0.2) is 4.98 Å². The molecule has 5 nitrogen and oxygen atoms in total. The Kier molecular flexibility index (Phi) is 4.42. The Morgan fingerprint density at radius 2 is 1.95 bits per heavy atom. The number of benzene rings is 1. The van der Waals surface area contributed by atoms with Gasteiger partial charge in [-0.3, -0.25) is 4.79 Å². The number of carbonyl (C=O) groups excluding carboxylic acids is 1. The van der Waals surface area contributed by atoms with E-state index >= 15 is 0 Å². The summed E-state index contributed by atoms with van der Waals surface area (Å²) in [7, 11) is 3.00. The fourth-order valence-corrected chi connectivity index (χ4v) is 1.85. The first kappa shape index (κ1) is 14.1. The minimum Gasteiger partial charge on any atom is -0.495 e. The highest BCUT2D eigenvalue weighted by atomic mass is 35.5. The molecule has 0 aliphatic carbocycles. The smallest absolute Gasteiger partial charge is 0.256 e. The molecule has 1 aromatic heterocycles. The number of halogens is 1. The number of anilines is 1. The lowest BCUT2D eigenvalue weighted by Gasteiger charge is -2.10. The number of aromatic nitrogens is 1. The van der Waals surface area contributed by atoms with Crippen molar-refractivity contribution in [1.29, 1.82) is 0 Å². The first-order valence-electron chi connectivity index (χ1n) is 5.80. The second-order valence-electron chi connectivity index (χ2n) is 3.88. The molecule has 20 heavy (non-hydrogen) atoms. The van der Waals surface area contributed by atoms with E-state index in [1.807, 2.05) is 6.07 Å². The van der Waals surface area contributed by atoms with Gasteiger partial charge in [0.05, 0.1) is 19.9 Å². The van der Waals surface area contributed by atoms with Gasteiger partial charge in [-0.05, 0) is 18.2 Å². The zero-order valence-electron chi connectivity index (χ0n) is 11.0. The highest BCUT2D eigenvalue weighted by Gasteiger charge is 2.12. The largest absolute Gasteiger partial charge is 0.495 e. The Morgan fingerprint density at radius 3 is 2.65 bits per heavy atom. The summed E-state index contributed by atoms with van der Waals surface area (Å²) in [5, 5.41) is 2.94. The van der Waals surface area contributed by atoms with Crippen LogP contribution >= 0.6 is 11.6 Å². The van der Waals surface area contributed by atoms with Crippen molar-refractivity contribution in [2.45, 2.75) is 0 Å². The van der Waals surface area contributed by atoms with Crippen LogP contribution in [-0.2, 0) is 0 Å². The number of nitrogens with one attached hydrogen (secondary N) is 1. The molecule has 2 rings (SSSR count). The number of nitrogens with zero attached hydrogens (tertiary/aromatic N) is 1. The SMILES string of the molecule is COc1cc(C(=O)Nc2ccccc2OC)cc(Cl)n1. The molecule has 0 aliphatic rings. The Morgan fingerprint density at radius 1 is 1.20 bits per heavy atom. The maximum Gasteiger partial charge on any atom is 0.256 e. The van der Waals surface area contributed by atoms with E-state index in [0.29, 0.717) is 17.0 Å². The van der Waals surface area contributed by atoms with Crippen LogP contribution in [0.4, 0.5) is 5.69 Å². The van der Waals surface area contributed by atoms with Crippen LogP contribution in [0.5, 0.6) is 11.6 Å². The number of methoxy groups -OCH3 is 2. The van der Waals surface area contributed by atoms with Crippen molar-refractivity contribution in [3.8, 4) is 11.6 Å². The molecule has 104 valence electrons. The average molecular weight is 293 g/mol. The molecule has 1 amide bonds. The first-order valence-corrected chi connectivity index (χ1v) is 6.18. The van der Waals surface area contributed by atoms with Gasteiger partial charge in [0.15, 0.2) is 0 Å². The minimum atomic E-state index is -0.322. The van der Waals surface area contributed by atoms with Gasteiger partial charge >= 0.3 is 0 Å². The van der Waals surface area contributed by atoms with E-state index < -0.39 is 0 Å². The number of hydrogen-bond donors (Lipinski definition) is 1. The first-order chi connectivity index (χ1) is 9.63. The summed E-state index contributed by atoms with van der Waals surface area (Å²) in [6.07, 6.45) is 0. The van der Waals surface area contributed by atoms with E-state index in [9.17, 15) is 4.79 Å². The summed E-state index contributed by atoms with van der Waals surface area (Å²) in [6, 6.07) is 10.1. The number of para-hydroxylation sites is 2. The maximum atomic E-state index is 12.2. The fraction of sp³-hybridized carbons (Fsp3) is 0.143. The molecule has 2 aromatic rings. The molecule has 0 aliphatic heterocycles. The molecular formula is C14H13ClN2O3. The van der Waals surface area contributed by atoms with Crippen LogP contribution in [0.3, 0.4) is 0 Å². The molecule has 6 heteroatoms. The van der Waals surface area contributed by atoms with Gasteiger partial charge in [0, 0.05) is 11.6 Å². The molecule has 0 bridgehead atoms. The van der Waals surface area contributed by atoms with E-state index in [2.05, 4.69) is 10.3 Å². The number of carbonyl (C=O) groups is 1. The second-order valence-corrected chi connectivity index (χ2v) is 4.26. The highest BCUT2D eigenvalue weighted by molar-refractivity contribution is 6.30. The van der Waals surface area contributed by atoms with Crippen molar-refractivity contribution in [2.24, 2.45) is 0 Å². The number of amides is 1. The van der Waals surface area contributed by atoms with Gasteiger partial charge in [0.2, 0.25) is 5.88 Å². The predicted octanol–water partition coefficient (Wildman–Crippen LogP) is 3.00. The molecule has 1 N–H and O–H groups in total. The molecule has 0 atom stereocenters. The van der Waals surface area contributed by atoms with Crippen molar-refractivity contribution in [3.63, 3.8) is 0 Å². The van der Waals surface area contributed by atoms with Gasteiger partial charge in [-0.2, -0.15) is 0 Å². The number of pyridine rings is 1. The molecular weight excluding hydrogens is 280 g/mol. The normalized spacial score (nSPS) is 9.95. The molecule has 1 heterocycles. The third-order valence-electron chi connectivity index (χ3n) is 2.60. The van der Waals surface area contributed by atoms with Crippen molar-refractivity contribution in [2.75, 3.05) is 19.5 Å². The number of hydrogen-bond acceptors (Lipinski definition) is 4. The second kappa shape index (κ2) is 6.25. The van der Waals surface area contributed by atoms with Gasteiger partial charge in [-0.15, -0.1) is 0 Å². The summed E-state index contributed by atoms with van der Waals surface area (Å²) < 4.78 is 10.2. The van der Waals surface area contributed by atoms with E-state index in [1.165, 1.54) is 26.4 Å². The molecule has 0 radical (unpaired) electrons. The maximum absolute atomic E-state index is 12.2. The van der Waals surface area contributed by atoms with Crippen molar-refractivity contribution >= 4 is 23.2 Å². The summed E-state index contributed by atoms with van der Waals surface area (Å²) >= 11 is 5.84. The van der Waals surface area contributed by atoms with Crippen LogP contribution in [0.25, 0.3) is 0 Å². The van der Waals surface area contributed by atoms with E-state index in [4.69, 9.17) is 21.1 Å². The topological polar surface area (TPSA) is 60.5 Å². The number of ether oxygens (including phenoxy) is 2. The van der Waals surface area contributed by atoms with E-state index in [-0.39, 0.29) is 16.9 Å². The van der Waals surface area contributed by atoms with Gasteiger partial charge in [0.1, 0.15) is 10.9 Å². The Bertz CT molecular complexity index is 632. The van der Waals surface area contributed by atoms with Crippen molar-refractivity contribution in [1.82, 2.24) is 4.98 Å². The summed E-state index contributed by atoms with van der Waals surface area (Å²) in [4.78, 5) is 16.1. The minimum absolute atomic E-state index is 0.189. The Hall–Kier alpha value is -2.27. The fourth-order valence-electron chi connectivity index (χ4n) is 1.65. The summed E-state index contributed by atoms with van der Waals surface area (Å²) in [5.74, 6) is 0.535. The lowest BCUT2D eigenvalue weighted by Crippen LogP contribution is -2.13. The van der Waals surface area contributed by atoms with Crippen LogP contribution in [0, 0.1) is 0 Å². The lowest BCUT2D eigenvalue weighted by atomic mass is 10.2. The van der Waals surface area contributed by atoms with Gasteiger partial charge in [-0.1, -0.05) is 23.7 Å². The summed E-state index contributed by atoms with van der Waals surface area (Å²) in [5.41, 5.74) is 0.930. The average Bonchev–Trinajstić information content (AvgIpc) is 2.47. The highest BCUT2D eigenvalue weighted by Crippen LogP contribution is 2.24. The third-order valence-corrected chi connectivity index (χ3v) is 2.79. The number of rotatable bonds is 4. The monoisotopic (exact) mass is 292 g/mol. The zero-order chi connectivity index (χ0) is 14.5. The van der Waals surface area contributed by atoms with Crippen molar-refractivity contribution < 1.29 is 14.3 Å². The molecule has 0 saturated heterocycles. The molecule has 0 unspecified atom stereocenters. The quantitative estimate of drug-likeness (QED) is 0.880. The van der Waals surface area contributed by atoms with E-state index in [0.717, 1.165) is 0 Å². The third kappa shape index (κ3) is 3.19. The molecule has 0 fully saturated rings. The molecule has 0 spiro atoms. The van der Waals surface area contributed by atoms with Crippen LogP contribution in [0.2, 0.25) is 5.15 Å². The van der Waals surface area contributed by atoms with Gasteiger partial charge < -0.3 is 14.8 Å². The summed E-state index contributed by atoms with van der Waals surface area (Å²) in [6.45, 7) is 0. The van der Waals surface area contributed by atoms with E-state index in [1.54, 1.807) is 18.2 Å². The standard InChI is InChI=1S/C14H13ClN2O3/c1-19-11-6-4-3-5-10(11)16-14(18)9-7-12(15)17-13(8-9)20-2/h3-8H,1-2H3,(H,16,18). The van der Waals surface area contributed by atoms with Crippen LogP contribution in [-0.4, -0.2) is 25.1 Å². The van der Waals surface area contributed by atoms with Gasteiger partial charge in [0.25, 0.3) is 5.91 Å². The van der Waals surface area contributed by atoms with Crippen LogP contribution in [0.1, 0.15) is 10.4 Å². The Labute approximate surface area is 121 Å². The van der Waals surface area contributed by atoms with Crippen LogP contribution in [0.15, 0.2) is 36.4 Å². The Balaban J connectivity index is 2.26. The predicted molar refractivity (Wildman–Crippen MR) is 76.7 cm³/mol. The lowest BCUT2D eigenvalue weighted by molar-refractivity contribution is 0.102. The molecule has 0 saturated carbocycles. The van der Waals surface area contributed by atoms with Crippen molar-refractivity contribution in [3.05, 3.63) is 47.1 Å². The zero-order valence-corrected chi connectivity index (χ0v) is 11.8. The van der Waals surface area contributed by atoms with Crippen LogP contribution < -0.4 is 14.8 Å². The molecule has 1 aromatic carbocycles.